The van der Waals surface area contributed by atoms with Gasteiger partial charge in [-0.3, -0.25) is 0 Å². The Morgan fingerprint density at radius 2 is 1.73 bits per heavy atom. The van der Waals surface area contributed by atoms with Crippen molar-refractivity contribution in [2.24, 2.45) is 0 Å². The van der Waals surface area contributed by atoms with Crippen molar-refractivity contribution in [1.29, 1.82) is 0 Å². The highest BCUT2D eigenvalue weighted by molar-refractivity contribution is 5.89. The Hall–Kier alpha value is -2.07. The normalized spacial score (nSPS) is 31.5. The summed E-state index contributed by atoms with van der Waals surface area (Å²) in [5.74, 6) is -3.71. The molecule has 1 aromatic carbocycles. The summed E-state index contributed by atoms with van der Waals surface area (Å²) in [6.45, 7) is 0. The summed E-state index contributed by atoms with van der Waals surface area (Å²) in [6, 6.07) is 4.84. The average Bonchev–Trinajstić information content (AvgIpc) is 2.47. The SMILES string of the molecule is O=C(O[C@@H]1O[C@H](C(=O)O)[C@@H](O)[C@H](O)[C@H]1O)c1ccccc1F. The minimum absolute atomic E-state index is 0.453. The number of carboxylic acids is 1. The van der Waals surface area contributed by atoms with Gasteiger partial charge < -0.3 is 29.9 Å². The van der Waals surface area contributed by atoms with Crippen LogP contribution in [-0.4, -0.2) is 63.1 Å². The van der Waals surface area contributed by atoms with Crippen LogP contribution in [0.2, 0.25) is 0 Å². The van der Waals surface area contributed by atoms with Crippen LogP contribution in [0.25, 0.3) is 0 Å². The third-order valence-electron chi connectivity index (χ3n) is 3.13. The number of carboxylic acid groups (broad SMARTS) is 1. The molecule has 1 saturated heterocycles. The van der Waals surface area contributed by atoms with E-state index in [0.29, 0.717) is 0 Å². The van der Waals surface area contributed by atoms with Gasteiger partial charge in [0.2, 0.25) is 6.29 Å². The first-order valence-corrected chi connectivity index (χ1v) is 6.21. The molecule has 1 aliphatic heterocycles. The molecule has 0 radical (unpaired) electrons. The molecule has 0 saturated carbocycles. The van der Waals surface area contributed by atoms with Gasteiger partial charge >= 0.3 is 11.9 Å². The van der Waals surface area contributed by atoms with Crippen molar-refractivity contribution in [3.05, 3.63) is 35.6 Å². The molecule has 2 rings (SSSR count). The van der Waals surface area contributed by atoms with Crippen LogP contribution in [0, 0.1) is 5.82 Å². The number of hydrogen-bond acceptors (Lipinski definition) is 7. The monoisotopic (exact) mass is 316 g/mol. The number of hydrogen-bond donors (Lipinski definition) is 4. The number of benzene rings is 1. The second kappa shape index (κ2) is 6.36. The van der Waals surface area contributed by atoms with Crippen LogP contribution in [0.5, 0.6) is 0 Å². The summed E-state index contributed by atoms with van der Waals surface area (Å²) in [5, 5.41) is 37.6. The van der Waals surface area contributed by atoms with Gasteiger partial charge in [0, 0.05) is 0 Å². The molecule has 0 unspecified atom stereocenters. The van der Waals surface area contributed by atoms with E-state index in [-0.39, 0.29) is 0 Å². The van der Waals surface area contributed by atoms with Crippen molar-refractivity contribution in [2.45, 2.75) is 30.7 Å². The fourth-order valence-corrected chi connectivity index (χ4v) is 1.95. The Morgan fingerprint density at radius 1 is 1.09 bits per heavy atom. The first-order valence-electron chi connectivity index (χ1n) is 6.21. The third-order valence-corrected chi connectivity index (χ3v) is 3.13. The van der Waals surface area contributed by atoms with Gasteiger partial charge in [0.25, 0.3) is 0 Å². The van der Waals surface area contributed by atoms with Crippen molar-refractivity contribution in [3.63, 3.8) is 0 Å². The van der Waals surface area contributed by atoms with Crippen molar-refractivity contribution in [2.75, 3.05) is 0 Å². The molecular weight excluding hydrogens is 303 g/mol. The van der Waals surface area contributed by atoms with Gasteiger partial charge in [-0.15, -0.1) is 0 Å². The Morgan fingerprint density at radius 3 is 2.32 bits per heavy atom. The van der Waals surface area contributed by atoms with E-state index in [0.717, 1.165) is 12.1 Å². The van der Waals surface area contributed by atoms with E-state index < -0.39 is 54.0 Å². The molecule has 0 spiro atoms. The quantitative estimate of drug-likeness (QED) is 0.515. The van der Waals surface area contributed by atoms with Crippen molar-refractivity contribution < 1.29 is 43.9 Å². The number of aliphatic hydroxyl groups excluding tert-OH is 3. The van der Waals surface area contributed by atoms with Crippen molar-refractivity contribution in [1.82, 2.24) is 0 Å². The smallest absolute Gasteiger partial charge is 0.343 e. The number of carbonyl (C=O) groups excluding carboxylic acids is 1. The van der Waals surface area contributed by atoms with Crippen LogP contribution < -0.4 is 0 Å². The zero-order valence-corrected chi connectivity index (χ0v) is 11.0. The van der Waals surface area contributed by atoms with E-state index >= 15 is 0 Å². The Balaban J connectivity index is 2.16. The van der Waals surface area contributed by atoms with E-state index in [9.17, 15) is 29.3 Å². The lowest BCUT2D eigenvalue weighted by atomic mass is 9.99. The number of esters is 1. The summed E-state index contributed by atoms with van der Waals surface area (Å²) in [5.41, 5.74) is -0.453. The lowest BCUT2D eigenvalue weighted by molar-refractivity contribution is -0.278. The molecular formula is C13H13FO8. The molecule has 0 bridgehead atoms. The van der Waals surface area contributed by atoms with Gasteiger partial charge in [0.1, 0.15) is 24.1 Å². The highest BCUT2D eigenvalue weighted by Crippen LogP contribution is 2.23. The fourth-order valence-electron chi connectivity index (χ4n) is 1.95. The van der Waals surface area contributed by atoms with Gasteiger partial charge in [-0.1, -0.05) is 12.1 Å². The molecule has 8 nitrogen and oxygen atoms in total. The van der Waals surface area contributed by atoms with Gasteiger partial charge in [-0.25, -0.2) is 14.0 Å². The molecule has 1 aromatic rings. The second-order valence-corrected chi connectivity index (χ2v) is 4.62. The van der Waals surface area contributed by atoms with Gasteiger partial charge in [-0.05, 0) is 12.1 Å². The minimum atomic E-state index is -1.91. The highest BCUT2D eigenvalue weighted by atomic mass is 19.1. The molecule has 1 heterocycles. The predicted octanol–water partition coefficient (Wildman–Crippen LogP) is -1.13. The lowest BCUT2D eigenvalue weighted by Gasteiger charge is -2.37. The minimum Gasteiger partial charge on any atom is -0.479 e. The van der Waals surface area contributed by atoms with Crippen LogP contribution >= 0.6 is 0 Å². The summed E-state index contributed by atoms with van der Waals surface area (Å²) in [7, 11) is 0. The lowest BCUT2D eigenvalue weighted by Crippen LogP contribution is -2.60. The van der Waals surface area contributed by atoms with E-state index in [4.69, 9.17) is 9.84 Å². The summed E-state index contributed by atoms with van der Waals surface area (Å²) >= 11 is 0. The summed E-state index contributed by atoms with van der Waals surface area (Å²) in [4.78, 5) is 22.7. The zero-order chi connectivity index (χ0) is 16.4. The van der Waals surface area contributed by atoms with Crippen molar-refractivity contribution >= 4 is 11.9 Å². The van der Waals surface area contributed by atoms with Gasteiger partial charge in [0.05, 0.1) is 5.56 Å². The van der Waals surface area contributed by atoms with Crippen LogP contribution in [0.15, 0.2) is 24.3 Å². The number of rotatable bonds is 3. The molecule has 4 N–H and O–H groups in total. The molecule has 22 heavy (non-hydrogen) atoms. The maximum Gasteiger partial charge on any atom is 0.343 e. The summed E-state index contributed by atoms with van der Waals surface area (Å²) < 4.78 is 22.9. The molecule has 1 fully saturated rings. The first-order chi connectivity index (χ1) is 10.3. The van der Waals surface area contributed by atoms with Gasteiger partial charge in [-0.2, -0.15) is 0 Å². The fraction of sp³-hybridized carbons (Fsp3) is 0.385. The van der Waals surface area contributed by atoms with Crippen LogP contribution in [0.4, 0.5) is 4.39 Å². The number of aliphatic hydroxyl groups is 3. The standard InChI is InChI=1S/C13H13FO8/c14-6-4-2-1-3-5(6)12(20)22-13-9(17)7(15)8(16)10(21-13)11(18)19/h1-4,7-10,13,15-17H,(H,18,19)/t7-,8-,9+,10-,13-/m0/s1. The molecule has 0 aliphatic carbocycles. The maximum absolute atomic E-state index is 13.4. The maximum atomic E-state index is 13.4. The van der Waals surface area contributed by atoms with Crippen molar-refractivity contribution in [3.8, 4) is 0 Å². The molecule has 1 aliphatic rings. The molecule has 9 heteroatoms. The number of halogens is 1. The molecule has 0 aromatic heterocycles. The Kier molecular flexibility index (Phi) is 4.71. The van der Waals surface area contributed by atoms with Crippen LogP contribution in [0.3, 0.4) is 0 Å². The average molecular weight is 316 g/mol. The van der Waals surface area contributed by atoms with E-state index in [1.807, 2.05) is 0 Å². The Labute approximate surface area is 123 Å². The van der Waals surface area contributed by atoms with E-state index in [1.165, 1.54) is 12.1 Å². The second-order valence-electron chi connectivity index (χ2n) is 4.62. The molecule has 120 valence electrons. The van der Waals surface area contributed by atoms with Gasteiger partial charge in [0.15, 0.2) is 6.10 Å². The topological polar surface area (TPSA) is 134 Å². The number of aliphatic carboxylic acids is 1. The highest BCUT2D eigenvalue weighted by Gasteiger charge is 2.48. The molecule has 0 amide bonds. The Bertz CT molecular complexity index is 577. The number of carbonyl (C=O) groups is 2. The third kappa shape index (κ3) is 3.07. The summed E-state index contributed by atoms with van der Waals surface area (Å²) in [6.07, 6.45) is -9.48. The van der Waals surface area contributed by atoms with Crippen LogP contribution in [0.1, 0.15) is 10.4 Å². The molecule has 5 atom stereocenters. The van der Waals surface area contributed by atoms with Crippen LogP contribution in [-0.2, 0) is 14.3 Å². The zero-order valence-electron chi connectivity index (χ0n) is 11.0. The first kappa shape index (κ1) is 16.3. The largest absolute Gasteiger partial charge is 0.479 e. The van der Waals surface area contributed by atoms with E-state index in [1.54, 1.807) is 0 Å². The van der Waals surface area contributed by atoms with E-state index in [2.05, 4.69) is 4.74 Å². The number of ether oxygens (including phenoxy) is 2. The predicted molar refractivity (Wildman–Crippen MR) is 66.1 cm³/mol.